The summed E-state index contributed by atoms with van der Waals surface area (Å²) in [4.78, 5) is 18.6. The third-order valence-electron chi connectivity index (χ3n) is 3.59. The van der Waals surface area contributed by atoms with Gasteiger partial charge in [-0.25, -0.2) is 4.98 Å². The van der Waals surface area contributed by atoms with Gasteiger partial charge < -0.3 is 10.7 Å². The Morgan fingerprint density at radius 3 is 2.62 bits per heavy atom. The molecule has 3 aromatic rings. The molecule has 0 saturated heterocycles. The Balaban J connectivity index is 2.38. The second kappa shape index (κ2) is 5.92. The van der Waals surface area contributed by atoms with Crippen LogP contribution in [0.4, 0.5) is 13.2 Å². The molecule has 24 heavy (non-hydrogen) atoms. The van der Waals surface area contributed by atoms with Crippen LogP contribution in [-0.2, 0) is 0 Å². The van der Waals surface area contributed by atoms with Gasteiger partial charge in [0.2, 0.25) is 0 Å². The molecule has 0 unspecified atom stereocenters. The molecule has 0 spiro atoms. The number of para-hydroxylation sites is 1. The largest absolute Gasteiger partial charge is 0.407 e. The van der Waals surface area contributed by atoms with E-state index in [-0.39, 0.29) is 21.8 Å². The zero-order valence-corrected chi connectivity index (χ0v) is 12.8. The van der Waals surface area contributed by atoms with E-state index < -0.39 is 17.8 Å². The molecule has 1 aromatic carbocycles. The minimum Gasteiger partial charge on any atom is -0.329 e. The Morgan fingerprint density at radius 2 is 1.96 bits per heavy atom. The number of nitrogens with two attached hydrogens (primary N) is 1. The number of hydrogen-bond acceptors (Lipinski definition) is 3. The molecular formula is C16H11ClF3N3O. The Morgan fingerprint density at radius 1 is 1.21 bits per heavy atom. The van der Waals surface area contributed by atoms with E-state index in [0.717, 1.165) is 0 Å². The lowest BCUT2D eigenvalue weighted by atomic mass is 9.98. The van der Waals surface area contributed by atoms with E-state index in [0.29, 0.717) is 10.9 Å². The fourth-order valence-corrected chi connectivity index (χ4v) is 2.64. The molecule has 4 nitrogen and oxygen atoms in total. The van der Waals surface area contributed by atoms with Gasteiger partial charge in [0, 0.05) is 17.1 Å². The summed E-state index contributed by atoms with van der Waals surface area (Å²) < 4.78 is 39.4. The van der Waals surface area contributed by atoms with Crippen molar-refractivity contribution in [1.29, 1.82) is 0 Å². The molecule has 0 aliphatic carbocycles. The van der Waals surface area contributed by atoms with Crippen molar-refractivity contribution in [3.63, 3.8) is 0 Å². The lowest BCUT2D eigenvalue weighted by molar-refractivity contribution is -0.149. The highest BCUT2D eigenvalue weighted by Crippen LogP contribution is 2.37. The first kappa shape index (κ1) is 16.5. The highest BCUT2D eigenvalue weighted by Gasteiger charge is 2.40. The standard InChI is InChI=1S/C16H11ClF3N3O/c17-11-5-1-3-8-7-10(14(21)16(18,19)20)13(23-12(8)11)9-4-2-6-22-15(9)24/h1-7,14H,21H2,(H,22,24)/t14-/m1/s1. The third-order valence-corrected chi connectivity index (χ3v) is 3.89. The summed E-state index contributed by atoms with van der Waals surface area (Å²) in [5.74, 6) is 0. The van der Waals surface area contributed by atoms with Crippen LogP contribution in [-0.4, -0.2) is 16.1 Å². The van der Waals surface area contributed by atoms with Crippen LogP contribution < -0.4 is 11.3 Å². The second-order valence-corrected chi connectivity index (χ2v) is 5.58. The number of H-pyrrole nitrogens is 1. The van der Waals surface area contributed by atoms with E-state index >= 15 is 0 Å². The fraction of sp³-hybridized carbons (Fsp3) is 0.125. The van der Waals surface area contributed by atoms with Crippen molar-refractivity contribution in [2.75, 3.05) is 0 Å². The molecule has 0 amide bonds. The van der Waals surface area contributed by atoms with Crippen molar-refractivity contribution in [2.45, 2.75) is 12.2 Å². The lowest BCUT2D eigenvalue weighted by Crippen LogP contribution is -2.29. The summed E-state index contributed by atoms with van der Waals surface area (Å²) in [6, 6.07) is 6.63. The maximum absolute atomic E-state index is 13.1. The molecule has 2 aromatic heterocycles. The van der Waals surface area contributed by atoms with Gasteiger partial charge in [-0.3, -0.25) is 4.79 Å². The SMILES string of the molecule is N[C@H](c1cc2cccc(Cl)c2nc1-c1ccc[nH]c1=O)C(F)(F)F. The number of alkyl halides is 3. The minimum absolute atomic E-state index is 0.00554. The number of rotatable bonds is 2. The number of halogens is 4. The first-order chi connectivity index (χ1) is 11.3. The van der Waals surface area contributed by atoms with Gasteiger partial charge in [0.15, 0.2) is 0 Å². The molecular weight excluding hydrogens is 343 g/mol. The quantitative estimate of drug-likeness (QED) is 0.736. The van der Waals surface area contributed by atoms with Crippen molar-refractivity contribution in [1.82, 2.24) is 9.97 Å². The zero-order chi connectivity index (χ0) is 17.5. The third kappa shape index (κ3) is 2.88. The average Bonchev–Trinajstić information content (AvgIpc) is 2.53. The molecule has 0 fully saturated rings. The summed E-state index contributed by atoms with van der Waals surface area (Å²) in [5.41, 5.74) is 4.69. The topological polar surface area (TPSA) is 71.8 Å². The van der Waals surface area contributed by atoms with Gasteiger partial charge in [-0.15, -0.1) is 0 Å². The van der Waals surface area contributed by atoms with E-state index in [9.17, 15) is 18.0 Å². The Kier molecular flexibility index (Phi) is 4.06. The van der Waals surface area contributed by atoms with Crippen molar-refractivity contribution in [3.8, 4) is 11.3 Å². The van der Waals surface area contributed by atoms with Crippen LogP contribution >= 0.6 is 11.6 Å². The maximum atomic E-state index is 13.1. The number of nitrogens with zero attached hydrogens (tertiary/aromatic N) is 1. The highest BCUT2D eigenvalue weighted by atomic mass is 35.5. The van der Waals surface area contributed by atoms with Gasteiger partial charge >= 0.3 is 6.18 Å². The molecule has 0 radical (unpaired) electrons. The number of pyridine rings is 2. The van der Waals surface area contributed by atoms with Crippen molar-refractivity contribution in [2.24, 2.45) is 5.73 Å². The molecule has 124 valence electrons. The van der Waals surface area contributed by atoms with Gasteiger partial charge in [0.05, 0.1) is 21.8 Å². The van der Waals surface area contributed by atoms with Gasteiger partial charge in [0.25, 0.3) is 5.56 Å². The Hall–Kier alpha value is -2.38. The zero-order valence-electron chi connectivity index (χ0n) is 12.1. The van der Waals surface area contributed by atoms with E-state index in [2.05, 4.69) is 9.97 Å². The van der Waals surface area contributed by atoms with Crippen LogP contribution in [0.2, 0.25) is 5.02 Å². The summed E-state index contributed by atoms with van der Waals surface area (Å²) in [6.07, 6.45) is -3.30. The molecule has 0 saturated carbocycles. The molecule has 8 heteroatoms. The molecule has 3 rings (SSSR count). The van der Waals surface area contributed by atoms with Crippen LogP contribution in [0.5, 0.6) is 0 Å². The van der Waals surface area contributed by atoms with Crippen molar-refractivity contribution >= 4 is 22.5 Å². The summed E-state index contributed by atoms with van der Waals surface area (Å²) in [5, 5.41) is 0.682. The minimum atomic E-state index is -4.68. The summed E-state index contributed by atoms with van der Waals surface area (Å²) in [7, 11) is 0. The fourth-order valence-electron chi connectivity index (χ4n) is 2.42. The Bertz CT molecular complexity index is 969. The number of aromatic nitrogens is 2. The lowest BCUT2D eigenvalue weighted by Gasteiger charge is -2.19. The number of benzene rings is 1. The van der Waals surface area contributed by atoms with E-state index in [1.54, 1.807) is 18.2 Å². The number of fused-ring (bicyclic) bond motifs is 1. The second-order valence-electron chi connectivity index (χ2n) is 5.17. The maximum Gasteiger partial charge on any atom is 0.407 e. The van der Waals surface area contributed by atoms with E-state index in [4.69, 9.17) is 17.3 Å². The normalized spacial score (nSPS) is 13.2. The van der Waals surface area contributed by atoms with E-state index in [1.165, 1.54) is 24.4 Å². The Labute approximate surface area is 139 Å². The first-order valence-corrected chi connectivity index (χ1v) is 7.26. The summed E-state index contributed by atoms with van der Waals surface area (Å²) >= 11 is 6.08. The van der Waals surface area contributed by atoms with Crippen LogP contribution in [0.25, 0.3) is 22.2 Å². The first-order valence-electron chi connectivity index (χ1n) is 6.88. The monoisotopic (exact) mass is 353 g/mol. The van der Waals surface area contributed by atoms with E-state index in [1.807, 2.05) is 0 Å². The van der Waals surface area contributed by atoms with Gasteiger partial charge in [-0.1, -0.05) is 23.7 Å². The predicted molar refractivity (Wildman–Crippen MR) is 85.8 cm³/mol. The van der Waals surface area contributed by atoms with Crippen LogP contribution in [0.3, 0.4) is 0 Å². The number of nitrogens with one attached hydrogen (secondary N) is 1. The van der Waals surface area contributed by atoms with Gasteiger partial charge in [-0.05, 0) is 24.3 Å². The van der Waals surface area contributed by atoms with Crippen LogP contribution in [0, 0.1) is 0 Å². The predicted octanol–water partition coefficient (Wildman–Crippen LogP) is 3.81. The number of aromatic amines is 1. The average molecular weight is 354 g/mol. The summed E-state index contributed by atoms with van der Waals surface area (Å²) in [6.45, 7) is 0. The molecule has 0 aliphatic rings. The molecule has 0 aliphatic heterocycles. The molecule has 1 atom stereocenters. The van der Waals surface area contributed by atoms with Crippen LogP contribution in [0.1, 0.15) is 11.6 Å². The van der Waals surface area contributed by atoms with Gasteiger partial charge in [0.1, 0.15) is 6.04 Å². The molecule has 2 heterocycles. The molecule has 3 N–H and O–H groups in total. The molecule has 0 bridgehead atoms. The highest BCUT2D eigenvalue weighted by molar-refractivity contribution is 6.35. The van der Waals surface area contributed by atoms with Crippen molar-refractivity contribution < 1.29 is 13.2 Å². The number of hydrogen-bond donors (Lipinski definition) is 2. The van der Waals surface area contributed by atoms with Crippen LogP contribution in [0.15, 0.2) is 47.4 Å². The van der Waals surface area contributed by atoms with Crippen molar-refractivity contribution in [3.05, 3.63) is 63.5 Å². The van der Waals surface area contributed by atoms with Gasteiger partial charge in [-0.2, -0.15) is 13.2 Å². The smallest absolute Gasteiger partial charge is 0.329 e.